The van der Waals surface area contributed by atoms with E-state index in [0.29, 0.717) is 6.42 Å². The minimum atomic E-state index is -0.697. The van der Waals surface area contributed by atoms with Crippen molar-refractivity contribution in [3.8, 4) is 0 Å². The van der Waals surface area contributed by atoms with Crippen LogP contribution in [0.1, 0.15) is 24.8 Å². The number of anilines is 1. The van der Waals surface area contributed by atoms with Crippen LogP contribution in [0.5, 0.6) is 0 Å². The summed E-state index contributed by atoms with van der Waals surface area (Å²) in [5.41, 5.74) is 2.30. The van der Waals surface area contributed by atoms with Crippen LogP contribution in [0.3, 0.4) is 0 Å². The number of nitrogens with zero attached hydrogens (tertiary/aromatic N) is 1. The summed E-state index contributed by atoms with van der Waals surface area (Å²) in [5.74, 6) is 0.147. The van der Waals surface area contributed by atoms with E-state index in [0.717, 1.165) is 24.6 Å². The lowest BCUT2D eigenvalue weighted by Gasteiger charge is -2.24. The predicted molar refractivity (Wildman–Crippen MR) is 66.3 cm³/mol. The van der Waals surface area contributed by atoms with Gasteiger partial charge in [0.05, 0.1) is 0 Å². The van der Waals surface area contributed by atoms with Crippen molar-refractivity contribution in [2.45, 2.75) is 31.7 Å². The Kier molecular flexibility index (Phi) is 2.54. The van der Waals surface area contributed by atoms with Gasteiger partial charge in [0.25, 0.3) is 0 Å². The third kappa shape index (κ3) is 2.02. The van der Waals surface area contributed by atoms with E-state index < -0.39 is 5.97 Å². The molecule has 1 heterocycles. The van der Waals surface area contributed by atoms with Crippen molar-refractivity contribution in [1.82, 2.24) is 0 Å². The van der Waals surface area contributed by atoms with Crippen molar-refractivity contribution in [3.05, 3.63) is 29.8 Å². The maximum atomic E-state index is 11.3. The van der Waals surface area contributed by atoms with E-state index in [1.807, 2.05) is 24.3 Å². The number of para-hydroxylation sites is 1. The highest BCUT2D eigenvalue weighted by Crippen LogP contribution is 2.36. The monoisotopic (exact) mass is 231 g/mol. The summed E-state index contributed by atoms with van der Waals surface area (Å²) in [7, 11) is 0. The molecule has 2 aliphatic rings. The summed E-state index contributed by atoms with van der Waals surface area (Å²) in [6.07, 6.45) is 4.44. The molecule has 3 heteroatoms. The second-order valence-electron chi connectivity index (χ2n) is 5.11. The fraction of sp³-hybridized carbons (Fsp3) is 0.500. The van der Waals surface area contributed by atoms with Gasteiger partial charge in [-0.3, -0.25) is 0 Å². The zero-order valence-electron chi connectivity index (χ0n) is 9.80. The lowest BCUT2D eigenvalue weighted by molar-refractivity contribution is -0.138. The summed E-state index contributed by atoms with van der Waals surface area (Å²) < 4.78 is 0. The van der Waals surface area contributed by atoms with Crippen molar-refractivity contribution >= 4 is 11.7 Å². The summed E-state index contributed by atoms with van der Waals surface area (Å²) in [4.78, 5) is 13.4. The fourth-order valence-electron chi connectivity index (χ4n) is 2.68. The van der Waals surface area contributed by atoms with Crippen LogP contribution in [0.25, 0.3) is 0 Å². The van der Waals surface area contributed by atoms with Gasteiger partial charge < -0.3 is 10.0 Å². The highest BCUT2D eigenvalue weighted by molar-refractivity contribution is 5.82. The Labute approximate surface area is 101 Å². The number of hydrogen-bond donors (Lipinski definition) is 1. The molecule has 1 N–H and O–H groups in total. The molecule has 1 saturated carbocycles. The van der Waals surface area contributed by atoms with Crippen LogP contribution in [-0.2, 0) is 11.2 Å². The first-order chi connectivity index (χ1) is 8.25. The third-order valence-electron chi connectivity index (χ3n) is 3.85. The topological polar surface area (TPSA) is 40.5 Å². The van der Waals surface area contributed by atoms with Crippen LogP contribution in [0, 0.1) is 5.92 Å². The van der Waals surface area contributed by atoms with E-state index in [9.17, 15) is 9.90 Å². The average molecular weight is 231 g/mol. The van der Waals surface area contributed by atoms with E-state index in [4.69, 9.17) is 0 Å². The standard InChI is InChI=1S/C14H17NO2/c16-14(17)13-9-11-3-1-2-4-12(11)15(13)8-7-10-5-6-10/h1-4,10,13H,5-9H2,(H,16,17). The molecule has 0 amide bonds. The van der Waals surface area contributed by atoms with Crippen LogP contribution in [0.4, 0.5) is 5.69 Å². The number of rotatable bonds is 4. The van der Waals surface area contributed by atoms with Gasteiger partial charge in [-0.2, -0.15) is 0 Å². The zero-order valence-corrected chi connectivity index (χ0v) is 9.80. The summed E-state index contributed by atoms with van der Waals surface area (Å²) >= 11 is 0. The Hall–Kier alpha value is -1.51. The van der Waals surface area contributed by atoms with Gasteiger partial charge in [0.2, 0.25) is 0 Å². The number of carboxylic acids is 1. The molecule has 0 radical (unpaired) electrons. The first-order valence-corrected chi connectivity index (χ1v) is 6.33. The van der Waals surface area contributed by atoms with Gasteiger partial charge in [0, 0.05) is 18.7 Å². The van der Waals surface area contributed by atoms with Crippen molar-refractivity contribution in [1.29, 1.82) is 0 Å². The van der Waals surface area contributed by atoms with Crippen molar-refractivity contribution < 1.29 is 9.90 Å². The SMILES string of the molecule is O=C(O)C1Cc2ccccc2N1CCC1CC1. The number of hydrogen-bond acceptors (Lipinski definition) is 2. The molecule has 0 saturated heterocycles. The van der Waals surface area contributed by atoms with Gasteiger partial charge in [-0.15, -0.1) is 0 Å². The Morgan fingerprint density at radius 1 is 1.35 bits per heavy atom. The largest absolute Gasteiger partial charge is 0.480 e. The molecular formula is C14H17NO2. The van der Waals surface area contributed by atoms with Gasteiger partial charge in [-0.05, 0) is 24.0 Å². The second kappa shape index (κ2) is 4.06. The molecule has 1 unspecified atom stereocenters. The molecule has 1 atom stereocenters. The van der Waals surface area contributed by atoms with Gasteiger partial charge in [-0.25, -0.2) is 4.79 Å². The predicted octanol–water partition coefficient (Wildman–Crippen LogP) is 2.30. The van der Waals surface area contributed by atoms with Crippen molar-refractivity contribution in [3.63, 3.8) is 0 Å². The van der Waals surface area contributed by atoms with Crippen LogP contribution in [0.2, 0.25) is 0 Å². The molecule has 1 fully saturated rings. The van der Waals surface area contributed by atoms with Crippen LogP contribution < -0.4 is 4.90 Å². The molecule has 0 aromatic heterocycles. The number of benzene rings is 1. The average Bonchev–Trinajstić information content (AvgIpc) is 3.07. The van der Waals surface area contributed by atoms with Gasteiger partial charge >= 0.3 is 5.97 Å². The Morgan fingerprint density at radius 2 is 2.12 bits per heavy atom. The number of carbonyl (C=O) groups is 1. The molecule has 3 nitrogen and oxygen atoms in total. The summed E-state index contributed by atoms with van der Waals surface area (Å²) in [5, 5.41) is 9.30. The molecule has 1 aliphatic carbocycles. The minimum Gasteiger partial charge on any atom is -0.480 e. The zero-order chi connectivity index (χ0) is 11.8. The fourth-order valence-corrected chi connectivity index (χ4v) is 2.68. The van der Waals surface area contributed by atoms with Crippen LogP contribution >= 0.6 is 0 Å². The summed E-state index contributed by atoms with van der Waals surface area (Å²) in [6.45, 7) is 0.888. The minimum absolute atomic E-state index is 0.355. The van der Waals surface area contributed by atoms with E-state index in [1.54, 1.807) is 0 Å². The highest BCUT2D eigenvalue weighted by Gasteiger charge is 2.34. The molecule has 17 heavy (non-hydrogen) atoms. The number of aliphatic carboxylic acids is 1. The lowest BCUT2D eigenvalue weighted by Crippen LogP contribution is -2.39. The molecule has 1 aromatic carbocycles. The molecule has 0 bridgehead atoms. The van der Waals surface area contributed by atoms with Gasteiger partial charge in [0.15, 0.2) is 0 Å². The van der Waals surface area contributed by atoms with E-state index in [-0.39, 0.29) is 6.04 Å². The quantitative estimate of drug-likeness (QED) is 0.864. The highest BCUT2D eigenvalue weighted by atomic mass is 16.4. The first kappa shape index (κ1) is 10.6. The van der Waals surface area contributed by atoms with E-state index in [1.165, 1.54) is 18.4 Å². The van der Waals surface area contributed by atoms with Gasteiger partial charge in [0.1, 0.15) is 6.04 Å². The molecule has 1 aliphatic heterocycles. The molecule has 0 spiro atoms. The Bertz CT molecular complexity index is 440. The van der Waals surface area contributed by atoms with Crippen LogP contribution in [-0.4, -0.2) is 23.7 Å². The maximum Gasteiger partial charge on any atom is 0.326 e. The molecule has 1 aromatic rings. The smallest absolute Gasteiger partial charge is 0.326 e. The summed E-state index contributed by atoms with van der Waals surface area (Å²) in [6, 6.07) is 7.72. The van der Waals surface area contributed by atoms with Crippen molar-refractivity contribution in [2.24, 2.45) is 5.92 Å². The molecular weight excluding hydrogens is 214 g/mol. The third-order valence-corrected chi connectivity index (χ3v) is 3.85. The van der Waals surface area contributed by atoms with Crippen LogP contribution in [0.15, 0.2) is 24.3 Å². The first-order valence-electron chi connectivity index (χ1n) is 6.33. The normalized spacial score (nSPS) is 22.6. The van der Waals surface area contributed by atoms with E-state index in [2.05, 4.69) is 4.90 Å². The second-order valence-corrected chi connectivity index (χ2v) is 5.11. The number of carboxylic acid groups (broad SMARTS) is 1. The molecule has 90 valence electrons. The van der Waals surface area contributed by atoms with E-state index >= 15 is 0 Å². The molecule has 3 rings (SSSR count). The number of fused-ring (bicyclic) bond motifs is 1. The van der Waals surface area contributed by atoms with Crippen molar-refractivity contribution in [2.75, 3.05) is 11.4 Å². The Balaban J connectivity index is 1.81. The maximum absolute atomic E-state index is 11.3. The lowest BCUT2D eigenvalue weighted by atomic mass is 10.1. The Morgan fingerprint density at radius 3 is 2.82 bits per heavy atom. The van der Waals surface area contributed by atoms with Gasteiger partial charge in [-0.1, -0.05) is 31.0 Å².